The van der Waals surface area contributed by atoms with E-state index in [0.717, 1.165) is 6.42 Å². The van der Waals surface area contributed by atoms with Gasteiger partial charge in [0.2, 0.25) is 0 Å². The van der Waals surface area contributed by atoms with Crippen LogP contribution in [0.25, 0.3) is 0 Å². The van der Waals surface area contributed by atoms with Gasteiger partial charge in [-0.25, -0.2) is 0 Å². The molecule has 0 unspecified atom stereocenters. The van der Waals surface area contributed by atoms with Crippen LogP contribution in [0.3, 0.4) is 0 Å². The van der Waals surface area contributed by atoms with Crippen molar-refractivity contribution in [3.8, 4) is 0 Å². The molecule has 1 aliphatic carbocycles. The molecule has 0 aliphatic heterocycles. The topological polar surface area (TPSA) is 58.9 Å². The van der Waals surface area contributed by atoms with Gasteiger partial charge < -0.3 is 9.94 Å². The van der Waals surface area contributed by atoms with Crippen molar-refractivity contribution in [1.29, 1.82) is 0 Å². The molecule has 0 spiro atoms. The molecule has 0 radical (unpaired) electrons. The van der Waals surface area contributed by atoms with Crippen molar-refractivity contribution in [2.45, 2.75) is 53.4 Å². The Hall–Kier alpha value is -1.32. The lowest BCUT2D eigenvalue weighted by molar-refractivity contribution is -0.118. The van der Waals surface area contributed by atoms with Gasteiger partial charge in [0.15, 0.2) is 5.78 Å². The molecule has 0 atom stereocenters. The normalized spacial score (nSPS) is 20.2. The molecule has 4 nitrogen and oxygen atoms in total. The monoisotopic (exact) mass is 253 g/mol. The minimum atomic E-state index is -0.173. The molecule has 0 aromatic carbocycles. The summed E-state index contributed by atoms with van der Waals surface area (Å²) >= 11 is 0. The zero-order chi connectivity index (χ0) is 13.8. The van der Waals surface area contributed by atoms with Crippen LogP contribution in [0, 0.1) is 5.41 Å². The third-order valence-corrected chi connectivity index (χ3v) is 2.93. The fraction of sp³-hybridized carbons (Fsp3) is 0.714. The summed E-state index contributed by atoms with van der Waals surface area (Å²) in [5.41, 5.74) is 0.787. The van der Waals surface area contributed by atoms with Gasteiger partial charge in [-0.1, -0.05) is 32.3 Å². The molecule has 0 aromatic heterocycles. The van der Waals surface area contributed by atoms with Gasteiger partial charge in [0, 0.05) is 12.8 Å². The van der Waals surface area contributed by atoms with Crippen molar-refractivity contribution in [2.24, 2.45) is 10.6 Å². The molecule has 1 aliphatic rings. The van der Waals surface area contributed by atoms with E-state index in [1.807, 2.05) is 27.7 Å². The molecule has 0 bridgehead atoms. The maximum absolute atomic E-state index is 12.1. The molecule has 0 aromatic rings. The number of Topliss-reactive ketones (excluding diaryl/α,β-unsaturated/α-hetero) is 1. The van der Waals surface area contributed by atoms with E-state index in [2.05, 4.69) is 5.16 Å². The number of allylic oxidation sites excluding steroid dienone is 2. The molecular formula is C14H23NO3. The van der Waals surface area contributed by atoms with E-state index in [0.29, 0.717) is 37.2 Å². The lowest BCUT2D eigenvalue weighted by Crippen LogP contribution is -2.29. The Morgan fingerprint density at radius 2 is 2.06 bits per heavy atom. The zero-order valence-electron chi connectivity index (χ0n) is 11.7. The molecule has 0 saturated carbocycles. The second-order valence-electron chi connectivity index (χ2n) is 5.47. The van der Waals surface area contributed by atoms with Gasteiger partial charge in [0.1, 0.15) is 12.4 Å². The summed E-state index contributed by atoms with van der Waals surface area (Å²) in [6, 6.07) is 0. The third kappa shape index (κ3) is 3.59. The predicted molar refractivity (Wildman–Crippen MR) is 71.6 cm³/mol. The van der Waals surface area contributed by atoms with E-state index in [1.54, 1.807) is 0 Å². The highest BCUT2D eigenvalue weighted by Gasteiger charge is 2.35. The Morgan fingerprint density at radius 1 is 1.39 bits per heavy atom. The summed E-state index contributed by atoms with van der Waals surface area (Å²) in [5.74, 6) is 0.124. The predicted octanol–water partition coefficient (Wildman–Crippen LogP) is 3.38. The summed E-state index contributed by atoms with van der Waals surface area (Å²) < 4.78 is 0. The van der Waals surface area contributed by atoms with Crippen molar-refractivity contribution in [3.63, 3.8) is 0 Å². The molecule has 18 heavy (non-hydrogen) atoms. The maximum atomic E-state index is 12.1. The van der Waals surface area contributed by atoms with Crippen LogP contribution in [0.2, 0.25) is 0 Å². The minimum absolute atomic E-state index is 0.0318. The van der Waals surface area contributed by atoms with Gasteiger partial charge in [0.25, 0.3) is 0 Å². The molecule has 102 valence electrons. The van der Waals surface area contributed by atoms with Gasteiger partial charge in [-0.15, -0.1) is 0 Å². The number of nitrogens with zero attached hydrogens (tertiary/aromatic N) is 1. The molecule has 1 N–H and O–H groups in total. The third-order valence-electron chi connectivity index (χ3n) is 2.93. The number of hydrogen-bond acceptors (Lipinski definition) is 4. The van der Waals surface area contributed by atoms with Crippen LogP contribution in [0.4, 0.5) is 0 Å². The quantitative estimate of drug-likeness (QED) is 0.603. The lowest BCUT2D eigenvalue weighted by atomic mass is 9.75. The van der Waals surface area contributed by atoms with Gasteiger partial charge in [-0.05, 0) is 18.8 Å². The fourth-order valence-electron chi connectivity index (χ4n) is 2.21. The Morgan fingerprint density at radius 3 is 2.56 bits per heavy atom. The lowest BCUT2D eigenvalue weighted by Gasteiger charge is -2.29. The maximum Gasteiger partial charge on any atom is 0.168 e. The van der Waals surface area contributed by atoms with Crippen molar-refractivity contribution in [1.82, 2.24) is 0 Å². The van der Waals surface area contributed by atoms with E-state index >= 15 is 0 Å². The molecule has 0 heterocycles. The Balaban J connectivity index is 3.07. The molecule has 0 fully saturated rings. The SMILES string of the molecule is CCCC(=NOCC)C1=C(O)CC(C)(C)CC1=O. The zero-order valence-corrected chi connectivity index (χ0v) is 11.7. The fourth-order valence-corrected chi connectivity index (χ4v) is 2.21. The number of aliphatic hydroxyl groups is 1. The number of hydrogen-bond donors (Lipinski definition) is 1. The number of aliphatic hydroxyl groups excluding tert-OH is 1. The average Bonchev–Trinajstić information content (AvgIpc) is 2.23. The highest BCUT2D eigenvalue weighted by atomic mass is 16.6. The van der Waals surface area contributed by atoms with Gasteiger partial charge >= 0.3 is 0 Å². The summed E-state index contributed by atoms with van der Waals surface area (Å²) in [7, 11) is 0. The highest BCUT2D eigenvalue weighted by molar-refractivity contribution is 6.23. The first-order valence-corrected chi connectivity index (χ1v) is 6.55. The van der Waals surface area contributed by atoms with Crippen molar-refractivity contribution < 1.29 is 14.7 Å². The number of carbonyl (C=O) groups is 1. The number of rotatable bonds is 5. The second-order valence-corrected chi connectivity index (χ2v) is 5.47. The first-order chi connectivity index (χ1) is 8.41. The van der Waals surface area contributed by atoms with E-state index < -0.39 is 0 Å². The number of ketones is 1. The Labute approximate surface area is 109 Å². The Kier molecular flexibility index (Phi) is 4.93. The van der Waals surface area contributed by atoms with Crippen LogP contribution in [-0.2, 0) is 9.63 Å². The summed E-state index contributed by atoms with van der Waals surface area (Å²) in [6.07, 6.45) is 2.47. The first-order valence-electron chi connectivity index (χ1n) is 6.55. The Bertz CT molecular complexity index is 381. The second kappa shape index (κ2) is 6.03. The molecule has 0 amide bonds. The van der Waals surface area contributed by atoms with Crippen molar-refractivity contribution in [2.75, 3.05) is 6.61 Å². The van der Waals surface area contributed by atoms with Crippen LogP contribution in [-0.4, -0.2) is 23.2 Å². The van der Waals surface area contributed by atoms with Crippen LogP contribution in [0.1, 0.15) is 53.4 Å². The van der Waals surface area contributed by atoms with Gasteiger partial charge in [-0.3, -0.25) is 4.79 Å². The van der Waals surface area contributed by atoms with Crippen LogP contribution in [0.15, 0.2) is 16.5 Å². The molecule has 4 heteroatoms. The summed E-state index contributed by atoms with van der Waals surface area (Å²) in [6.45, 7) is 8.28. The summed E-state index contributed by atoms with van der Waals surface area (Å²) in [4.78, 5) is 17.2. The van der Waals surface area contributed by atoms with Gasteiger partial charge in [0.05, 0.1) is 11.3 Å². The van der Waals surface area contributed by atoms with E-state index in [4.69, 9.17) is 4.84 Å². The molecule has 1 rings (SSSR count). The number of carbonyl (C=O) groups excluding carboxylic acids is 1. The molecular weight excluding hydrogens is 230 g/mol. The smallest absolute Gasteiger partial charge is 0.168 e. The first kappa shape index (κ1) is 14.7. The minimum Gasteiger partial charge on any atom is -0.511 e. The van der Waals surface area contributed by atoms with E-state index in [9.17, 15) is 9.90 Å². The number of oxime groups is 1. The molecule has 0 saturated heterocycles. The highest BCUT2D eigenvalue weighted by Crippen LogP contribution is 2.36. The average molecular weight is 253 g/mol. The van der Waals surface area contributed by atoms with Crippen LogP contribution < -0.4 is 0 Å². The van der Waals surface area contributed by atoms with Crippen LogP contribution >= 0.6 is 0 Å². The van der Waals surface area contributed by atoms with Crippen LogP contribution in [0.5, 0.6) is 0 Å². The largest absolute Gasteiger partial charge is 0.511 e. The van der Waals surface area contributed by atoms with E-state index in [1.165, 1.54) is 0 Å². The van der Waals surface area contributed by atoms with Crippen molar-refractivity contribution >= 4 is 11.5 Å². The van der Waals surface area contributed by atoms with Crippen molar-refractivity contribution in [3.05, 3.63) is 11.3 Å². The van der Waals surface area contributed by atoms with E-state index in [-0.39, 0.29) is 17.0 Å². The summed E-state index contributed by atoms with van der Waals surface area (Å²) in [5, 5.41) is 14.1. The van der Waals surface area contributed by atoms with Gasteiger partial charge in [-0.2, -0.15) is 0 Å². The standard InChI is InChI=1S/C14H23NO3/c1-5-7-10(15-18-6-2)13-11(16)8-14(3,4)9-12(13)17/h16H,5-9H2,1-4H3.